The lowest BCUT2D eigenvalue weighted by atomic mass is 10.0. The molecule has 0 unspecified atom stereocenters. The second-order valence-electron chi connectivity index (χ2n) is 4.05. The summed E-state index contributed by atoms with van der Waals surface area (Å²) in [7, 11) is 1.58. The molecular formula is C15H13NO3. The van der Waals surface area contributed by atoms with Gasteiger partial charge in [0.25, 0.3) is 5.91 Å². The predicted octanol–water partition coefficient (Wildman–Crippen LogP) is 2.23. The predicted molar refractivity (Wildman–Crippen MR) is 72.3 cm³/mol. The maximum Gasteiger partial charge on any atom is 0.251 e. The first-order chi connectivity index (χ1) is 9.15. The fourth-order valence-corrected chi connectivity index (χ4v) is 1.79. The maximum absolute atomic E-state index is 11.4. The van der Waals surface area contributed by atoms with Gasteiger partial charge in [-0.2, -0.15) is 0 Å². The van der Waals surface area contributed by atoms with Gasteiger partial charge in [-0.3, -0.25) is 9.59 Å². The van der Waals surface area contributed by atoms with Crippen molar-refractivity contribution in [2.75, 3.05) is 7.05 Å². The normalized spacial score (nSPS) is 9.95. The summed E-state index contributed by atoms with van der Waals surface area (Å²) in [5.41, 5.74) is 2.49. The fraction of sp³-hybridized carbons (Fsp3) is 0.0667. The number of hydrogen-bond donors (Lipinski definition) is 2. The van der Waals surface area contributed by atoms with E-state index in [0.29, 0.717) is 11.8 Å². The molecule has 0 saturated carbocycles. The van der Waals surface area contributed by atoms with Gasteiger partial charge in [0, 0.05) is 12.6 Å². The molecular weight excluding hydrogens is 242 g/mol. The van der Waals surface area contributed by atoms with Gasteiger partial charge in [0.15, 0.2) is 6.29 Å². The summed E-state index contributed by atoms with van der Waals surface area (Å²) in [4.78, 5) is 22.2. The van der Waals surface area contributed by atoms with Crippen LogP contribution in [-0.2, 0) is 0 Å². The molecule has 96 valence electrons. The molecule has 2 N–H and O–H groups in total. The van der Waals surface area contributed by atoms with Gasteiger partial charge in [0.05, 0.1) is 5.56 Å². The smallest absolute Gasteiger partial charge is 0.251 e. The quantitative estimate of drug-likeness (QED) is 0.826. The Hall–Kier alpha value is -2.62. The van der Waals surface area contributed by atoms with Gasteiger partial charge in [0.2, 0.25) is 0 Å². The van der Waals surface area contributed by atoms with Crippen LogP contribution in [-0.4, -0.2) is 24.3 Å². The SMILES string of the molecule is CNC(=O)c1ccc(-c2ccc(O)c(C=O)c2)cc1. The van der Waals surface area contributed by atoms with E-state index in [1.165, 1.54) is 6.07 Å². The zero-order valence-corrected chi connectivity index (χ0v) is 10.4. The Labute approximate surface area is 110 Å². The number of carbonyl (C=O) groups is 2. The molecule has 0 bridgehead atoms. The van der Waals surface area contributed by atoms with Crippen LogP contribution < -0.4 is 5.32 Å². The van der Waals surface area contributed by atoms with Crippen LogP contribution in [0.5, 0.6) is 5.75 Å². The Morgan fingerprint density at radius 3 is 2.32 bits per heavy atom. The highest BCUT2D eigenvalue weighted by atomic mass is 16.3. The average molecular weight is 255 g/mol. The third-order valence-electron chi connectivity index (χ3n) is 2.86. The van der Waals surface area contributed by atoms with E-state index in [4.69, 9.17) is 0 Å². The molecule has 0 fully saturated rings. The van der Waals surface area contributed by atoms with Crippen molar-refractivity contribution >= 4 is 12.2 Å². The van der Waals surface area contributed by atoms with Crippen LogP contribution in [0.2, 0.25) is 0 Å². The van der Waals surface area contributed by atoms with Crippen molar-refractivity contribution in [3.05, 3.63) is 53.6 Å². The summed E-state index contributed by atoms with van der Waals surface area (Å²) in [6.45, 7) is 0. The number of amides is 1. The molecule has 0 spiro atoms. The van der Waals surface area contributed by atoms with Crippen LogP contribution in [0.3, 0.4) is 0 Å². The van der Waals surface area contributed by atoms with Crippen molar-refractivity contribution in [2.45, 2.75) is 0 Å². The number of benzene rings is 2. The lowest BCUT2D eigenvalue weighted by Gasteiger charge is -2.05. The number of aromatic hydroxyl groups is 1. The fourth-order valence-electron chi connectivity index (χ4n) is 1.79. The van der Waals surface area contributed by atoms with E-state index in [-0.39, 0.29) is 17.2 Å². The van der Waals surface area contributed by atoms with E-state index >= 15 is 0 Å². The highest BCUT2D eigenvalue weighted by Crippen LogP contribution is 2.25. The molecule has 0 atom stereocenters. The monoisotopic (exact) mass is 255 g/mol. The Morgan fingerprint density at radius 2 is 1.74 bits per heavy atom. The van der Waals surface area contributed by atoms with Crippen molar-refractivity contribution in [2.24, 2.45) is 0 Å². The summed E-state index contributed by atoms with van der Waals surface area (Å²) in [6.07, 6.45) is 0.609. The first-order valence-corrected chi connectivity index (χ1v) is 5.76. The van der Waals surface area contributed by atoms with E-state index in [1.54, 1.807) is 43.4 Å². The second kappa shape index (κ2) is 5.35. The van der Waals surface area contributed by atoms with Gasteiger partial charge in [-0.15, -0.1) is 0 Å². The van der Waals surface area contributed by atoms with Gasteiger partial charge in [-0.1, -0.05) is 18.2 Å². The highest BCUT2D eigenvalue weighted by molar-refractivity contribution is 5.94. The molecule has 4 nitrogen and oxygen atoms in total. The molecule has 4 heteroatoms. The van der Waals surface area contributed by atoms with Crippen LogP contribution in [0.15, 0.2) is 42.5 Å². The Morgan fingerprint density at radius 1 is 1.11 bits per heavy atom. The Bertz CT molecular complexity index is 618. The molecule has 2 aromatic carbocycles. The molecule has 0 aromatic heterocycles. The number of nitrogens with one attached hydrogen (secondary N) is 1. The second-order valence-corrected chi connectivity index (χ2v) is 4.05. The molecule has 0 aliphatic heterocycles. The molecule has 0 saturated heterocycles. The van der Waals surface area contributed by atoms with Gasteiger partial charge >= 0.3 is 0 Å². The Balaban J connectivity index is 2.37. The topological polar surface area (TPSA) is 66.4 Å². The summed E-state index contributed by atoms with van der Waals surface area (Å²) >= 11 is 0. The molecule has 0 radical (unpaired) electrons. The highest BCUT2D eigenvalue weighted by Gasteiger charge is 2.06. The molecule has 2 aromatic rings. The number of rotatable bonds is 3. The van der Waals surface area contributed by atoms with Crippen LogP contribution in [0.4, 0.5) is 0 Å². The number of aldehydes is 1. The lowest BCUT2D eigenvalue weighted by molar-refractivity contribution is 0.0962. The van der Waals surface area contributed by atoms with Crippen molar-refractivity contribution in [1.29, 1.82) is 0 Å². The van der Waals surface area contributed by atoms with Crippen LogP contribution >= 0.6 is 0 Å². The van der Waals surface area contributed by atoms with Crippen LogP contribution in [0.25, 0.3) is 11.1 Å². The van der Waals surface area contributed by atoms with E-state index in [1.807, 2.05) is 0 Å². The molecule has 1 amide bonds. The summed E-state index contributed by atoms with van der Waals surface area (Å²) < 4.78 is 0. The minimum atomic E-state index is -0.147. The summed E-state index contributed by atoms with van der Waals surface area (Å²) in [5.74, 6) is -0.188. The standard InChI is InChI=1S/C15H13NO3/c1-16-15(19)11-4-2-10(3-5-11)12-6-7-14(18)13(8-12)9-17/h2-9,18H,1H3,(H,16,19). The third kappa shape index (κ3) is 2.63. The summed E-state index contributed by atoms with van der Waals surface area (Å²) in [6, 6.07) is 11.8. The first kappa shape index (κ1) is 12.8. The molecule has 0 aliphatic carbocycles. The van der Waals surface area contributed by atoms with Gasteiger partial charge in [-0.25, -0.2) is 0 Å². The van der Waals surface area contributed by atoms with Crippen LogP contribution in [0, 0.1) is 0 Å². The third-order valence-corrected chi connectivity index (χ3v) is 2.86. The zero-order valence-electron chi connectivity index (χ0n) is 10.4. The van der Waals surface area contributed by atoms with Gasteiger partial charge < -0.3 is 10.4 Å². The number of phenolic OH excluding ortho intramolecular Hbond substituents is 1. The van der Waals surface area contributed by atoms with Gasteiger partial charge in [0.1, 0.15) is 5.75 Å². The molecule has 2 rings (SSSR count). The van der Waals surface area contributed by atoms with E-state index in [2.05, 4.69) is 5.32 Å². The molecule has 0 heterocycles. The molecule has 19 heavy (non-hydrogen) atoms. The average Bonchev–Trinajstić information content (AvgIpc) is 2.47. The minimum Gasteiger partial charge on any atom is -0.507 e. The maximum atomic E-state index is 11.4. The first-order valence-electron chi connectivity index (χ1n) is 5.76. The van der Waals surface area contributed by atoms with Crippen molar-refractivity contribution in [1.82, 2.24) is 5.32 Å². The van der Waals surface area contributed by atoms with Crippen molar-refractivity contribution in [3.8, 4) is 16.9 Å². The number of phenols is 1. The van der Waals surface area contributed by atoms with Gasteiger partial charge in [-0.05, 0) is 35.4 Å². The Kier molecular flexibility index (Phi) is 3.61. The van der Waals surface area contributed by atoms with E-state index in [0.717, 1.165) is 11.1 Å². The van der Waals surface area contributed by atoms with E-state index in [9.17, 15) is 14.7 Å². The molecule has 0 aliphatic rings. The largest absolute Gasteiger partial charge is 0.507 e. The van der Waals surface area contributed by atoms with Crippen LogP contribution in [0.1, 0.15) is 20.7 Å². The van der Waals surface area contributed by atoms with Crippen molar-refractivity contribution in [3.63, 3.8) is 0 Å². The number of carbonyl (C=O) groups excluding carboxylic acids is 2. The van der Waals surface area contributed by atoms with E-state index < -0.39 is 0 Å². The minimum absolute atomic E-state index is 0.0410. The van der Waals surface area contributed by atoms with Crippen molar-refractivity contribution < 1.29 is 14.7 Å². The lowest BCUT2D eigenvalue weighted by Crippen LogP contribution is -2.17. The summed E-state index contributed by atoms with van der Waals surface area (Å²) in [5, 5.41) is 12.0. The number of hydrogen-bond acceptors (Lipinski definition) is 3. The zero-order chi connectivity index (χ0) is 13.8.